The average molecular weight is 365 g/mol. The lowest BCUT2D eigenvalue weighted by Crippen LogP contribution is -2.43. The molecule has 2 N–H and O–H groups in total. The van der Waals surface area contributed by atoms with Crippen LogP contribution in [0.15, 0.2) is 15.3 Å². The Bertz CT molecular complexity index is 908. The Morgan fingerprint density at radius 3 is 2.68 bits per heavy atom. The molecule has 5 rings (SSSR count). The van der Waals surface area contributed by atoms with E-state index in [4.69, 9.17) is 14.2 Å². The molecule has 0 bridgehead atoms. The molecule has 1 aliphatic heterocycles. The summed E-state index contributed by atoms with van der Waals surface area (Å²) in [6.45, 7) is 0.912. The van der Waals surface area contributed by atoms with E-state index >= 15 is 0 Å². The van der Waals surface area contributed by atoms with Crippen LogP contribution in [-0.2, 0) is 10.2 Å². The van der Waals surface area contributed by atoms with E-state index in [9.17, 15) is 8.42 Å². The lowest BCUT2D eigenvalue weighted by Gasteiger charge is -2.30. The molecule has 2 saturated carbocycles. The van der Waals surface area contributed by atoms with Gasteiger partial charge in [0, 0.05) is 24.9 Å². The zero-order valence-electron chi connectivity index (χ0n) is 13.6. The van der Waals surface area contributed by atoms with E-state index < -0.39 is 10.2 Å². The topological polar surface area (TPSA) is 128 Å². The molecular formula is C15H19N5O4S. The van der Waals surface area contributed by atoms with E-state index in [1.54, 1.807) is 6.26 Å². The Morgan fingerprint density at radius 1 is 1.24 bits per heavy atom. The van der Waals surface area contributed by atoms with Gasteiger partial charge in [-0.2, -0.15) is 17.7 Å². The van der Waals surface area contributed by atoms with Gasteiger partial charge in [0.2, 0.25) is 0 Å². The Kier molecular flexibility index (Phi) is 3.17. The summed E-state index contributed by atoms with van der Waals surface area (Å²) in [7, 11) is -3.60. The Labute approximate surface area is 144 Å². The van der Waals surface area contributed by atoms with Crippen molar-refractivity contribution in [2.24, 2.45) is 10.6 Å². The summed E-state index contributed by atoms with van der Waals surface area (Å²) < 4.78 is 34.8. The number of nitrogens with zero attached hydrogens (tertiary/aromatic N) is 4. The van der Waals surface area contributed by atoms with Gasteiger partial charge < -0.3 is 9.05 Å². The standard InChI is InChI=1S/C15H19N5O4S/c16-25(21,22)20-5-3-15(4-6-20)7-11(15)13-17-14(24-19-13)10-8-23-18-12(10)9-1-2-9/h8-9,11H,1-7H2,(H2,16,21,22)/t11-/m0/s1. The fourth-order valence-corrected chi connectivity index (χ4v) is 4.69. The van der Waals surface area contributed by atoms with Crippen LogP contribution in [0.1, 0.15) is 55.5 Å². The van der Waals surface area contributed by atoms with Crippen LogP contribution in [-0.4, -0.2) is 41.1 Å². The van der Waals surface area contributed by atoms with Gasteiger partial charge in [-0.15, -0.1) is 0 Å². The third kappa shape index (κ3) is 2.59. The van der Waals surface area contributed by atoms with Gasteiger partial charge in [0.25, 0.3) is 16.1 Å². The van der Waals surface area contributed by atoms with Crippen molar-refractivity contribution in [2.45, 2.75) is 43.9 Å². The second-order valence-electron chi connectivity index (χ2n) is 7.41. The molecule has 1 atom stereocenters. The SMILES string of the molecule is NS(=O)(=O)N1CCC2(CC1)C[C@H]2c1noc(-c2conc2C2CC2)n1. The van der Waals surface area contributed by atoms with E-state index in [1.165, 1.54) is 4.31 Å². The minimum atomic E-state index is -3.60. The highest BCUT2D eigenvalue weighted by atomic mass is 32.2. The van der Waals surface area contributed by atoms with Crippen LogP contribution >= 0.6 is 0 Å². The third-order valence-corrected chi connectivity index (χ3v) is 6.90. The predicted octanol–water partition coefficient (Wildman–Crippen LogP) is 1.38. The van der Waals surface area contributed by atoms with Crippen LogP contribution in [0, 0.1) is 5.41 Å². The molecule has 3 heterocycles. The van der Waals surface area contributed by atoms with Crippen LogP contribution in [0.2, 0.25) is 0 Å². The summed E-state index contributed by atoms with van der Waals surface area (Å²) >= 11 is 0. The maximum atomic E-state index is 11.4. The van der Waals surface area contributed by atoms with Crippen LogP contribution in [0.4, 0.5) is 0 Å². The number of nitrogens with two attached hydrogens (primary N) is 1. The molecule has 0 unspecified atom stereocenters. The number of hydrogen-bond acceptors (Lipinski definition) is 7. The number of hydrogen-bond donors (Lipinski definition) is 1. The summed E-state index contributed by atoms with van der Waals surface area (Å²) in [5.41, 5.74) is 1.78. The fraction of sp³-hybridized carbons (Fsp3) is 0.667. The third-order valence-electron chi connectivity index (χ3n) is 5.81. The predicted molar refractivity (Wildman–Crippen MR) is 85.5 cm³/mol. The summed E-state index contributed by atoms with van der Waals surface area (Å²) in [5, 5.41) is 13.4. The van der Waals surface area contributed by atoms with Gasteiger partial charge >= 0.3 is 0 Å². The average Bonchev–Trinajstić information content (AvgIpc) is 3.41. The zero-order valence-corrected chi connectivity index (χ0v) is 14.4. The first-order valence-corrected chi connectivity index (χ1v) is 10.0. The molecule has 3 aliphatic rings. The first-order chi connectivity index (χ1) is 12.0. The molecule has 0 aromatic carbocycles. The monoisotopic (exact) mass is 365 g/mol. The molecule has 134 valence electrons. The van der Waals surface area contributed by atoms with Crippen molar-refractivity contribution in [3.63, 3.8) is 0 Å². The van der Waals surface area contributed by atoms with Gasteiger partial charge in [-0.25, -0.2) is 5.14 Å². The van der Waals surface area contributed by atoms with Crippen molar-refractivity contribution in [3.8, 4) is 11.5 Å². The molecule has 25 heavy (non-hydrogen) atoms. The quantitative estimate of drug-likeness (QED) is 0.866. The van der Waals surface area contributed by atoms with E-state index in [2.05, 4.69) is 15.3 Å². The van der Waals surface area contributed by atoms with Crippen molar-refractivity contribution in [1.29, 1.82) is 0 Å². The number of piperidine rings is 1. The molecule has 2 aromatic rings. The van der Waals surface area contributed by atoms with E-state index in [0.717, 1.165) is 43.4 Å². The Hall–Kier alpha value is -1.78. The molecule has 1 spiro atoms. The Balaban J connectivity index is 1.32. The highest BCUT2D eigenvalue weighted by molar-refractivity contribution is 7.86. The molecule has 3 fully saturated rings. The van der Waals surface area contributed by atoms with Crippen LogP contribution in [0.3, 0.4) is 0 Å². The first kappa shape index (κ1) is 15.5. The van der Waals surface area contributed by atoms with E-state index in [1.807, 2.05) is 0 Å². The minimum Gasteiger partial charge on any atom is -0.364 e. The van der Waals surface area contributed by atoms with Crippen molar-refractivity contribution in [3.05, 3.63) is 17.8 Å². The molecular weight excluding hydrogens is 346 g/mol. The van der Waals surface area contributed by atoms with Gasteiger partial charge in [-0.05, 0) is 37.5 Å². The second-order valence-corrected chi connectivity index (χ2v) is 8.95. The van der Waals surface area contributed by atoms with Crippen LogP contribution < -0.4 is 5.14 Å². The first-order valence-electron chi connectivity index (χ1n) is 8.52. The molecule has 1 saturated heterocycles. The van der Waals surface area contributed by atoms with Crippen LogP contribution in [0.25, 0.3) is 11.5 Å². The van der Waals surface area contributed by atoms with Gasteiger partial charge in [0.15, 0.2) is 5.82 Å². The highest BCUT2D eigenvalue weighted by Gasteiger charge is 2.58. The van der Waals surface area contributed by atoms with E-state index in [-0.39, 0.29) is 11.3 Å². The van der Waals surface area contributed by atoms with E-state index in [0.29, 0.717) is 30.7 Å². The molecule has 0 radical (unpaired) electrons. The van der Waals surface area contributed by atoms with Gasteiger partial charge in [-0.1, -0.05) is 10.3 Å². The van der Waals surface area contributed by atoms with Crippen molar-refractivity contribution in [1.82, 2.24) is 19.6 Å². The number of aromatic nitrogens is 3. The van der Waals surface area contributed by atoms with Gasteiger partial charge in [0.1, 0.15) is 11.8 Å². The maximum Gasteiger partial charge on any atom is 0.276 e. The summed E-state index contributed by atoms with van der Waals surface area (Å²) in [5.74, 6) is 1.82. The second kappa shape index (κ2) is 5.12. The van der Waals surface area contributed by atoms with Crippen LogP contribution in [0.5, 0.6) is 0 Å². The number of rotatable bonds is 4. The molecule has 2 aromatic heterocycles. The maximum absolute atomic E-state index is 11.4. The highest BCUT2D eigenvalue weighted by Crippen LogP contribution is 2.64. The summed E-state index contributed by atoms with van der Waals surface area (Å²) in [6.07, 6.45) is 6.32. The van der Waals surface area contributed by atoms with Crippen molar-refractivity contribution >= 4 is 10.2 Å². The molecule has 0 amide bonds. The minimum absolute atomic E-state index is 0.0797. The van der Waals surface area contributed by atoms with Crippen molar-refractivity contribution < 1.29 is 17.5 Å². The normalized spacial score (nSPS) is 26.2. The lowest BCUT2D eigenvalue weighted by molar-refractivity contribution is 0.249. The van der Waals surface area contributed by atoms with Gasteiger partial charge in [0.05, 0.1) is 5.69 Å². The summed E-state index contributed by atoms with van der Waals surface area (Å²) in [4.78, 5) is 4.57. The smallest absolute Gasteiger partial charge is 0.276 e. The molecule has 2 aliphatic carbocycles. The fourth-order valence-electron chi connectivity index (χ4n) is 3.99. The Morgan fingerprint density at radius 2 is 2.00 bits per heavy atom. The molecule has 9 nitrogen and oxygen atoms in total. The van der Waals surface area contributed by atoms with Crippen molar-refractivity contribution in [2.75, 3.05) is 13.1 Å². The zero-order chi connectivity index (χ0) is 17.2. The lowest BCUT2D eigenvalue weighted by atomic mass is 9.92. The van der Waals surface area contributed by atoms with Gasteiger partial charge in [-0.3, -0.25) is 0 Å². The largest absolute Gasteiger partial charge is 0.364 e. The summed E-state index contributed by atoms with van der Waals surface area (Å²) in [6, 6.07) is 0. The molecule has 10 heteroatoms.